The van der Waals surface area contributed by atoms with Crippen LogP contribution in [0.2, 0.25) is 0 Å². The fraction of sp³-hybridized carbons (Fsp3) is 0.0556. The minimum absolute atomic E-state index is 0.0990. The summed E-state index contributed by atoms with van der Waals surface area (Å²) in [6, 6.07) is 19.5. The van der Waals surface area contributed by atoms with Gasteiger partial charge in [-0.05, 0) is 51.3 Å². The summed E-state index contributed by atoms with van der Waals surface area (Å²) in [7, 11) is 0. The van der Waals surface area contributed by atoms with Gasteiger partial charge in [-0.15, -0.1) is 0 Å². The predicted octanol–water partition coefficient (Wildman–Crippen LogP) is 5.16. The van der Waals surface area contributed by atoms with Crippen molar-refractivity contribution in [2.75, 3.05) is 5.32 Å². The highest BCUT2D eigenvalue weighted by molar-refractivity contribution is 9.10. The Bertz CT molecular complexity index is 821. The molecule has 0 saturated heterocycles. The summed E-state index contributed by atoms with van der Waals surface area (Å²) >= 11 is 3.52. The van der Waals surface area contributed by atoms with E-state index in [1.54, 1.807) is 0 Å². The molecule has 0 saturated carbocycles. The van der Waals surface area contributed by atoms with Gasteiger partial charge in [-0.1, -0.05) is 48.5 Å². The van der Waals surface area contributed by atoms with E-state index < -0.39 is 0 Å². The van der Waals surface area contributed by atoms with Gasteiger partial charge in [0.1, 0.15) is 0 Å². The second-order valence-electron chi connectivity index (χ2n) is 4.92. The van der Waals surface area contributed by atoms with E-state index in [2.05, 4.69) is 21.2 Å². The molecule has 3 heteroatoms. The summed E-state index contributed by atoms with van der Waals surface area (Å²) in [5.74, 6) is -0.0990. The highest BCUT2D eigenvalue weighted by Gasteiger charge is 2.11. The maximum Gasteiger partial charge on any atom is 0.256 e. The maximum atomic E-state index is 12.6. The molecule has 0 aromatic heterocycles. The third-order valence-corrected chi connectivity index (χ3v) is 4.53. The van der Waals surface area contributed by atoms with Gasteiger partial charge in [0.15, 0.2) is 0 Å². The van der Waals surface area contributed by atoms with Gasteiger partial charge in [-0.3, -0.25) is 4.79 Å². The SMILES string of the molecule is Cc1cccc(NC(=O)c2cccc3ccccc23)c1Br. The molecule has 3 aromatic carbocycles. The Morgan fingerprint density at radius 1 is 0.952 bits per heavy atom. The van der Waals surface area contributed by atoms with Gasteiger partial charge in [0.2, 0.25) is 0 Å². The Balaban J connectivity index is 2.00. The van der Waals surface area contributed by atoms with Crippen molar-refractivity contribution in [3.63, 3.8) is 0 Å². The number of hydrogen-bond acceptors (Lipinski definition) is 1. The minimum Gasteiger partial charge on any atom is -0.321 e. The number of rotatable bonds is 2. The molecule has 2 nitrogen and oxygen atoms in total. The van der Waals surface area contributed by atoms with Crippen LogP contribution in [0.15, 0.2) is 65.1 Å². The average molecular weight is 340 g/mol. The number of anilines is 1. The third kappa shape index (κ3) is 2.69. The molecular formula is C18H14BrNO. The van der Waals surface area contributed by atoms with E-state index in [1.165, 1.54) is 0 Å². The number of amides is 1. The van der Waals surface area contributed by atoms with E-state index in [0.29, 0.717) is 5.56 Å². The molecule has 0 aliphatic heterocycles. The second-order valence-corrected chi connectivity index (χ2v) is 5.71. The number of carbonyl (C=O) groups is 1. The zero-order chi connectivity index (χ0) is 14.8. The highest BCUT2D eigenvalue weighted by Crippen LogP contribution is 2.27. The largest absolute Gasteiger partial charge is 0.321 e. The third-order valence-electron chi connectivity index (χ3n) is 3.47. The Kier molecular flexibility index (Phi) is 3.76. The van der Waals surface area contributed by atoms with Crippen LogP contribution in [0.3, 0.4) is 0 Å². The molecule has 104 valence electrons. The maximum absolute atomic E-state index is 12.6. The van der Waals surface area contributed by atoms with Gasteiger partial charge in [0.05, 0.1) is 5.69 Å². The van der Waals surface area contributed by atoms with E-state index in [0.717, 1.165) is 26.5 Å². The Morgan fingerprint density at radius 2 is 1.67 bits per heavy atom. The predicted molar refractivity (Wildman–Crippen MR) is 90.8 cm³/mol. The number of aryl methyl sites for hydroxylation is 1. The Morgan fingerprint density at radius 3 is 2.52 bits per heavy atom. The van der Waals surface area contributed by atoms with E-state index >= 15 is 0 Å². The van der Waals surface area contributed by atoms with Crippen LogP contribution in [0.1, 0.15) is 15.9 Å². The fourth-order valence-corrected chi connectivity index (χ4v) is 2.72. The van der Waals surface area contributed by atoms with Crippen LogP contribution < -0.4 is 5.32 Å². The molecule has 0 heterocycles. The lowest BCUT2D eigenvalue weighted by molar-refractivity contribution is 0.102. The lowest BCUT2D eigenvalue weighted by atomic mass is 10.0. The van der Waals surface area contributed by atoms with Crippen LogP contribution in [0.25, 0.3) is 10.8 Å². The molecule has 0 atom stereocenters. The van der Waals surface area contributed by atoms with Gasteiger partial charge in [-0.2, -0.15) is 0 Å². The first-order chi connectivity index (χ1) is 10.2. The fourth-order valence-electron chi connectivity index (χ4n) is 2.36. The van der Waals surface area contributed by atoms with Crippen molar-refractivity contribution in [1.82, 2.24) is 0 Å². The van der Waals surface area contributed by atoms with Crippen LogP contribution >= 0.6 is 15.9 Å². The van der Waals surface area contributed by atoms with Crippen LogP contribution in [-0.2, 0) is 0 Å². The normalized spacial score (nSPS) is 10.6. The minimum atomic E-state index is -0.0990. The Labute approximate surface area is 131 Å². The van der Waals surface area contributed by atoms with Crippen LogP contribution in [0, 0.1) is 6.92 Å². The smallest absolute Gasteiger partial charge is 0.256 e. The van der Waals surface area contributed by atoms with Crippen molar-refractivity contribution in [3.05, 3.63) is 76.3 Å². The molecule has 21 heavy (non-hydrogen) atoms. The first-order valence-corrected chi connectivity index (χ1v) is 7.50. The monoisotopic (exact) mass is 339 g/mol. The van der Waals surface area contributed by atoms with Crippen LogP contribution in [-0.4, -0.2) is 5.91 Å². The molecule has 1 amide bonds. The number of fused-ring (bicyclic) bond motifs is 1. The lowest BCUT2D eigenvalue weighted by Gasteiger charge is -2.10. The summed E-state index contributed by atoms with van der Waals surface area (Å²) in [5, 5.41) is 5.00. The summed E-state index contributed by atoms with van der Waals surface area (Å²) in [5.41, 5.74) is 2.56. The van der Waals surface area contributed by atoms with E-state index in [9.17, 15) is 4.79 Å². The lowest BCUT2D eigenvalue weighted by Crippen LogP contribution is -2.12. The van der Waals surface area contributed by atoms with Gasteiger partial charge in [0, 0.05) is 10.0 Å². The van der Waals surface area contributed by atoms with Gasteiger partial charge in [-0.25, -0.2) is 0 Å². The molecular weight excluding hydrogens is 326 g/mol. The number of nitrogens with one attached hydrogen (secondary N) is 1. The molecule has 1 N–H and O–H groups in total. The average Bonchev–Trinajstić information content (AvgIpc) is 2.51. The van der Waals surface area contributed by atoms with Gasteiger partial charge >= 0.3 is 0 Å². The van der Waals surface area contributed by atoms with Gasteiger partial charge in [0.25, 0.3) is 5.91 Å². The summed E-state index contributed by atoms with van der Waals surface area (Å²) < 4.78 is 0.915. The molecule has 0 spiro atoms. The number of benzene rings is 3. The van der Waals surface area contributed by atoms with Crippen molar-refractivity contribution in [3.8, 4) is 0 Å². The Hall–Kier alpha value is -2.13. The molecule has 0 bridgehead atoms. The number of halogens is 1. The van der Waals surface area contributed by atoms with Crippen molar-refractivity contribution in [1.29, 1.82) is 0 Å². The van der Waals surface area contributed by atoms with Crippen molar-refractivity contribution < 1.29 is 4.79 Å². The molecule has 0 aliphatic rings. The molecule has 0 aliphatic carbocycles. The summed E-state index contributed by atoms with van der Waals surface area (Å²) in [6.07, 6.45) is 0. The first kappa shape index (κ1) is 13.8. The van der Waals surface area contributed by atoms with Crippen LogP contribution in [0.4, 0.5) is 5.69 Å². The van der Waals surface area contributed by atoms with Gasteiger partial charge < -0.3 is 5.32 Å². The van der Waals surface area contributed by atoms with Crippen LogP contribution in [0.5, 0.6) is 0 Å². The number of hydrogen-bond donors (Lipinski definition) is 1. The zero-order valence-electron chi connectivity index (χ0n) is 11.6. The first-order valence-electron chi connectivity index (χ1n) is 6.71. The standard InChI is InChI=1S/C18H14BrNO/c1-12-6-4-11-16(17(12)19)20-18(21)15-10-5-8-13-7-2-3-9-14(13)15/h2-11H,1H3,(H,20,21). The molecule has 0 radical (unpaired) electrons. The van der Waals surface area contributed by atoms with E-state index in [1.807, 2.05) is 67.6 Å². The van der Waals surface area contributed by atoms with Crippen molar-refractivity contribution in [2.45, 2.75) is 6.92 Å². The molecule has 3 aromatic rings. The van der Waals surface area contributed by atoms with Crippen molar-refractivity contribution >= 4 is 38.3 Å². The van der Waals surface area contributed by atoms with E-state index in [-0.39, 0.29) is 5.91 Å². The quantitative estimate of drug-likeness (QED) is 0.686. The molecule has 3 rings (SSSR count). The number of carbonyl (C=O) groups excluding carboxylic acids is 1. The summed E-state index contributed by atoms with van der Waals surface area (Å²) in [4.78, 5) is 12.6. The highest BCUT2D eigenvalue weighted by atomic mass is 79.9. The zero-order valence-corrected chi connectivity index (χ0v) is 13.1. The molecule has 0 fully saturated rings. The second kappa shape index (κ2) is 5.70. The topological polar surface area (TPSA) is 29.1 Å². The van der Waals surface area contributed by atoms with Crippen molar-refractivity contribution in [2.24, 2.45) is 0 Å². The summed E-state index contributed by atoms with van der Waals surface area (Å²) in [6.45, 7) is 2.00. The molecule has 0 unspecified atom stereocenters. The van der Waals surface area contributed by atoms with E-state index in [4.69, 9.17) is 0 Å².